The van der Waals surface area contributed by atoms with Crippen molar-refractivity contribution in [2.75, 3.05) is 19.0 Å². The van der Waals surface area contributed by atoms with Gasteiger partial charge in [0.15, 0.2) is 9.84 Å². The van der Waals surface area contributed by atoms with Gasteiger partial charge in [0.2, 0.25) is 0 Å². The number of carboxylic acids is 1. The molecule has 21 heavy (non-hydrogen) atoms. The Morgan fingerprint density at radius 3 is 2.48 bits per heavy atom. The molecule has 6 heteroatoms. The summed E-state index contributed by atoms with van der Waals surface area (Å²) in [6, 6.07) is 2.71. The Hall–Kier alpha value is -1.40. The first-order valence-corrected chi connectivity index (χ1v) is 8.60. The Labute approximate surface area is 125 Å². The van der Waals surface area contributed by atoms with Gasteiger partial charge >= 0.3 is 5.97 Å². The SMILES string of the molecule is CCCCOCCS(=O)(=O)c1cc(C(=O)O)cc(C)c1C. The second-order valence-electron chi connectivity index (χ2n) is 5.01. The van der Waals surface area contributed by atoms with Crippen molar-refractivity contribution in [1.29, 1.82) is 0 Å². The molecular weight excluding hydrogens is 292 g/mol. The average Bonchev–Trinajstić information content (AvgIpc) is 2.40. The van der Waals surface area contributed by atoms with Gasteiger partial charge in [-0.15, -0.1) is 0 Å². The van der Waals surface area contributed by atoms with Gasteiger partial charge in [0, 0.05) is 6.61 Å². The van der Waals surface area contributed by atoms with Gasteiger partial charge < -0.3 is 9.84 Å². The van der Waals surface area contributed by atoms with E-state index in [-0.39, 0.29) is 22.8 Å². The van der Waals surface area contributed by atoms with Gasteiger partial charge in [0.25, 0.3) is 0 Å². The van der Waals surface area contributed by atoms with Crippen LogP contribution >= 0.6 is 0 Å². The number of hydrogen-bond acceptors (Lipinski definition) is 4. The van der Waals surface area contributed by atoms with E-state index in [1.807, 2.05) is 6.92 Å². The van der Waals surface area contributed by atoms with Crippen LogP contribution in [-0.4, -0.2) is 38.5 Å². The molecule has 0 aromatic heterocycles. The van der Waals surface area contributed by atoms with Crippen molar-refractivity contribution in [3.8, 4) is 0 Å². The molecule has 1 N–H and O–H groups in total. The molecule has 5 nitrogen and oxygen atoms in total. The fourth-order valence-electron chi connectivity index (χ4n) is 1.90. The molecule has 0 saturated heterocycles. The highest BCUT2D eigenvalue weighted by Crippen LogP contribution is 2.22. The molecule has 0 saturated carbocycles. The number of sulfone groups is 1. The highest BCUT2D eigenvalue weighted by atomic mass is 32.2. The normalized spacial score (nSPS) is 11.6. The van der Waals surface area contributed by atoms with Gasteiger partial charge in [-0.25, -0.2) is 13.2 Å². The first-order chi connectivity index (χ1) is 9.79. The topological polar surface area (TPSA) is 80.7 Å². The van der Waals surface area contributed by atoms with Crippen LogP contribution in [-0.2, 0) is 14.6 Å². The number of unbranched alkanes of at least 4 members (excludes halogenated alkanes) is 1. The summed E-state index contributed by atoms with van der Waals surface area (Å²) in [5.74, 6) is -1.27. The fraction of sp³-hybridized carbons (Fsp3) is 0.533. The molecule has 0 radical (unpaired) electrons. The summed E-state index contributed by atoms with van der Waals surface area (Å²) in [5.41, 5.74) is 1.23. The highest BCUT2D eigenvalue weighted by molar-refractivity contribution is 7.91. The first-order valence-electron chi connectivity index (χ1n) is 6.94. The Bertz CT molecular complexity index is 605. The molecule has 0 aliphatic rings. The highest BCUT2D eigenvalue weighted by Gasteiger charge is 2.20. The number of rotatable bonds is 8. The standard InChI is InChI=1S/C15H22O5S/c1-4-5-6-20-7-8-21(18,19)14-10-13(15(16)17)9-11(2)12(14)3/h9-10H,4-8H2,1-3H3,(H,16,17). The minimum Gasteiger partial charge on any atom is -0.478 e. The maximum atomic E-state index is 12.3. The number of benzene rings is 1. The molecule has 118 valence electrons. The third-order valence-electron chi connectivity index (χ3n) is 3.34. The quantitative estimate of drug-likeness (QED) is 0.746. The van der Waals surface area contributed by atoms with Gasteiger partial charge in [0.1, 0.15) is 0 Å². The Morgan fingerprint density at radius 2 is 1.90 bits per heavy atom. The van der Waals surface area contributed by atoms with Crippen molar-refractivity contribution >= 4 is 15.8 Å². The monoisotopic (exact) mass is 314 g/mol. The zero-order valence-corrected chi connectivity index (χ0v) is 13.5. The van der Waals surface area contributed by atoms with Crippen LogP contribution in [0.15, 0.2) is 17.0 Å². The van der Waals surface area contributed by atoms with Crippen LogP contribution in [0.25, 0.3) is 0 Å². The number of ether oxygens (including phenoxy) is 1. The molecule has 0 aliphatic heterocycles. The van der Waals surface area contributed by atoms with E-state index in [4.69, 9.17) is 9.84 Å². The molecule has 0 amide bonds. The molecule has 1 aromatic rings. The van der Waals surface area contributed by atoms with E-state index < -0.39 is 15.8 Å². The van der Waals surface area contributed by atoms with Gasteiger partial charge in [-0.05, 0) is 43.5 Å². The van der Waals surface area contributed by atoms with E-state index in [1.165, 1.54) is 12.1 Å². The Kier molecular flexibility index (Phi) is 6.36. The van der Waals surface area contributed by atoms with Gasteiger partial charge in [-0.3, -0.25) is 0 Å². The minimum atomic E-state index is -3.54. The molecule has 0 spiro atoms. The third-order valence-corrected chi connectivity index (χ3v) is 5.14. The van der Waals surface area contributed by atoms with E-state index in [1.54, 1.807) is 13.8 Å². The maximum Gasteiger partial charge on any atom is 0.335 e. The molecule has 0 atom stereocenters. The minimum absolute atomic E-state index is 0.0106. The van der Waals surface area contributed by atoms with Gasteiger partial charge in [-0.1, -0.05) is 13.3 Å². The summed E-state index contributed by atoms with van der Waals surface area (Å²) in [6.07, 6.45) is 1.89. The van der Waals surface area contributed by atoms with Crippen LogP contribution in [0.2, 0.25) is 0 Å². The second kappa shape index (κ2) is 7.56. The Balaban J connectivity index is 2.94. The summed E-state index contributed by atoms with van der Waals surface area (Å²) < 4.78 is 30.0. The van der Waals surface area contributed by atoms with Crippen LogP contribution in [0.3, 0.4) is 0 Å². The van der Waals surface area contributed by atoms with Crippen molar-refractivity contribution in [2.45, 2.75) is 38.5 Å². The summed E-state index contributed by atoms with van der Waals surface area (Å²) in [5, 5.41) is 9.04. The van der Waals surface area contributed by atoms with Crippen LogP contribution in [0, 0.1) is 13.8 Å². The average molecular weight is 314 g/mol. The smallest absolute Gasteiger partial charge is 0.335 e. The maximum absolute atomic E-state index is 12.3. The lowest BCUT2D eigenvalue weighted by atomic mass is 10.1. The second-order valence-corrected chi connectivity index (χ2v) is 7.08. The zero-order chi connectivity index (χ0) is 16.0. The van der Waals surface area contributed by atoms with Crippen LogP contribution in [0.5, 0.6) is 0 Å². The van der Waals surface area contributed by atoms with E-state index >= 15 is 0 Å². The Morgan fingerprint density at radius 1 is 1.24 bits per heavy atom. The van der Waals surface area contributed by atoms with Crippen LogP contribution in [0.4, 0.5) is 0 Å². The fourth-order valence-corrected chi connectivity index (χ4v) is 3.39. The van der Waals surface area contributed by atoms with Crippen molar-refractivity contribution in [1.82, 2.24) is 0 Å². The number of aryl methyl sites for hydroxylation is 1. The largest absolute Gasteiger partial charge is 0.478 e. The lowest BCUT2D eigenvalue weighted by molar-refractivity contribution is 0.0696. The summed E-state index contributed by atoms with van der Waals surface area (Å²) in [6.45, 7) is 6.09. The van der Waals surface area contributed by atoms with E-state index in [2.05, 4.69) is 0 Å². The van der Waals surface area contributed by atoms with Crippen molar-refractivity contribution < 1.29 is 23.1 Å². The van der Waals surface area contributed by atoms with Crippen LogP contribution < -0.4 is 0 Å². The zero-order valence-electron chi connectivity index (χ0n) is 12.7. The van der Waals surface area contributed by atoms with Crippen molar-refractivity contribution in [3.63, 3.8) is 0 Å². The lowest BCUT2D eigenvalue weighted by Crippen LogP contribution is -2.15. The molecular formula is C15H22O5S. The van der Waals surface area contributed by atoms with Gasteiger partial charge in [0.05, 0.1) is 22.8 Å². The van der Waals surface area contributed by atoms with E-state index in [0.29, 0.717) is 17.7 Å². The number of carboxylic acid groups (broad SMARTS) is 1. The number of carbonyl (C=O) groups is 1. The first kappa shape index (κ1) is 17.7. The van der Waals surface area contributed by atoms with Gasteiger partial charge in [-0.2, -0.15) is 0 Å². The lowest BCUT2D eigenvalue weighted by Gasteiger charge is -2.11. The summed E-state index contributed by atoms with van der Waals surface area (Å²) in [7, 11) is -3.54. The molecule has 1 aromatic carbocycles. The molecule has 0 bridgehead atoms. The molecule has 0 fully saturated rings. The third kappa shape index (κ3) is 4.82. The van der Waals surface area contributed by atoms with E-state index in [9.17, 15) is 13.2 Å². The van der Waals surface area contributed by atoms with E-state index in [0.717, 1.165) is 12.8 Å². The summed E-state index contributed by atoms with van der Waals surface area (Å²) in [4.78, 5) is 11.1. The molecule has 0 heterocycles. The molecule has 0 unspecified atom stereocenters. The number of aromatic carboxylic acids is 1. The molecule has 1 rings (SSSR count). The van der Waals surface area contributed by atoms with Crippen molar-refractivity contribution in [2.24, 2.45) is 0 Å². The molecule has 0 aliphatic carbocycles. The predicted molar refractivity (Wildman–Crippen MR) is 80.7 cm³/mol. The summed E-state index contributed by atoms with van der Waals surface area (Å²) >= 11 is 0. The number of hydrogen-bond donors (Lipinski definition) is 1. The van der Waals surface area contributed by atoms with Crippen molar-refractivity contribution in [3.05, 3.63) is 28.8 Å². The van der Waals surface area contributed by atoms with Crippen LogP contribution in [0.1, 0.15) is 41.3 Å². The predicted octanol–water partition coefficient (Wildman–Crippen LogP) is 2.59.